The van der Waals surface area contributed by atoms with Crippen molar-refractivity contribution in [1.82, 2.24) is 5.32 Å². The van der Waals surface area contributed by atoms with E-state index in [9.17, 15) is 14.4 Å². The first-order valence-electron chi connectivity index (χ1n) is 7.07. The number of carboxylic acids is 1. The van der Waals surface area contributed by atoms with E-state index in [1.54, 1.807) is 0 Å². The number of nitrogens with one attached hydrogen (secondary N) is 1. The lowest BCUT2D eigenvalue weighted by Crippen LogP contribution is -2.51. The number of carbonyl (C=O) groups is 3. The van der Waals surface area contributed by atoms with Crippen molar-refractivity contribution in [2.24, 2.45) is 22.9 Å². The normalized spacial score (nSPS) is 14.7. The molecule has 0 rings (SSSR count). The highest BCUT2D eigenvalue weighted by molar-refractivity contribution is 8.76. The van der Waals surface area contributed by atoms with Gasteiger partial charge in [0.05, 0.1) is 6.04 Å². The Bertz CT molecular complexity index is 400. The van der Waals surface area contributed by atoms with E-state index in [4.69, 9.17) is 28.0 Å². The van der Waals surface area contributed by atoms with E-state index < -0.39 is 35.9 Å². The predicted octanol–water partition coefficient (Wildman–Crippen LogP) is -1.79. The molecule has 0 radical (unpaired) electrons. The largest absolute Gasteiger partial charge is 0.480 e. The van der Waals surface area contributed by atoms with Crippen LogP contribution in [0.2, 0.25) is 0 Å². The van der Waals surface area contributed by atoms with Gasteiger partial charge in [0.1, 0.15) is 12.1 Å². The van der Waals surface area contributed by atoms with Crippen molar-refractivity contribution in [2.45, 2.75) is 37.4 Å². The molecule has 0 aromatic carbocycles. The first kappa shape index (κ1) is 22.0. The van der Waals surface area contributed by atoms with Crippen molar-refractivity contribution in [3.63, 3.8) is 0 Å². The molecular formula is C12H25N5O4S2. The van der Waals surface area contributed by atoms with E-state index in [1.165, 1.54) is 21.6 Å². The summed E-state index contributed by atoms with van der Waals surface area (Å²) >= 11 is 0. The standard InChI is InChI=1S/C12H25N5O4S2/c13-4-2-1-3-9(10(16)18)17-11(19)7(14)5-22-23-6-8(15)12(20)21/h7-9H,1-6,13-15H2,(H2,16,18)(H,17,19)(H,20,21)/t7-,8+,9?/m1/s1. The molecule has 0 spiro atoms. The number of hydrogen-bond acceptors (Lipinski definition) is 8. The molecule has 0 aromatic rings. The number of rotatable bonds is 13. The summed E-state index contributed by atoms with van der Waals surface area (Å²) in [6, 6.07) is -2.55. The highest BCUT2D eigenvalue weighted by atomic mass is 33.1. The Morgan fingerprint density at radius 2 is 1.61 bits per heavy atom. The van der Waals surface area contributed by atoms with Crippen LogP contribution in [0.1, 0.15) is 19.3 Å². The number of carbonyl (C=O) groups excluding carboxylic acids is 2. The van der Waals surface area contributed by atoms with Crippen molar-refractivity contribution in [3.8, 4) is 0 Å². The lowest BCUT2D eigenvalue weighted by molar-refractivity contribution is -0.137. The summed E-state index contributed by atoms with van der Waals surface area (Å²) in [5.41, 5.74) is 21.7. The molecule has 0 heterocycles. The number of primary amides is 1. The third-order valence-corrected chi connectivity index (χ3v) is 5.31. The van der Waals surface area contributed by atoms with E-state index in [-0.39, 0.29) is 11.5 Å². The van der Waals surface area contributed by atoms with E-state index in [2.05, 4.69) is 5.32 Å². The van der Waals surface area contributed by atoms with Gasteiger partial charge in [-0.2, -0.15) is 0 Å². The minimum Gasteiger partial charge on any atom is -0.480 e. The Morgan fingerprint density at radius 3 is 2.09 bits per heavy atom. The fourth-order valence-corrected chi connectivity index (χ4v) is 3.68. The van der Waals surface area contributed by atoms with E-state index in [0.29, 0.717) is 19.4 Å². The van der Waals surface area contributed by atoms with Gasteiger partial charge in [-0.1, -0.05) is 21.6 Å². The first-order valence-corrected chi connectivity index (χ1v) is 9.56. The molecule has 0 fully saturated rings. The summed E-state index contributed by atoms with van der Waals surface area (Å²) in [5.74, 6) is -1.70. The molecule has 10 N–H and O–H groups in total. The second-order valence-corrected chi connectivity index (χ2v) is 7.42. The summed E-state index contributed by atoms with van der Waals surface area (Å²) < 4.78 is 0. The zero-order valence-electron chi connectivity index (χ0n) is 12.8. The van der Waals surface area contributed by atoms with Crippen molar-refractivity contribution in [2.75, 3.05) is 18.1 Å². The second-order valence-electron chi connectivity index (χ2n) is 4.87. The maximum Gasteiger partial charge on any atom is 0.321 e. The number of carboxylic acid groups (broad SMARTS) is 1. The smallest absolute Gasteiger partial charge is 0.321 e. The monoisotopic (exact) mass is 367 g/mol. The number of hydrogen-bond donors (Lipinski definition) is 6. The Hall–Kier alpha value is -1.01. The van der Waals surface area contributed by atoms with E-state index in [0.717, 1.165) is 6.42 Å². The summed E-state index contributed by atoms with van der Waals surface area (Å²) in [6.45, 7) is 0.505. The molecule has 9 nitrogen and oxygen atoms in total. The number of unbranched alkanes of at least 4 members (excludes halogenated alkanes) is 1. The average Bonchev–Trinajstić information content (AvgIpc) is 2.49. The van der Waals surface area contributed by atoms with Gasteiger partial charge >= 0.3 is 5.97 Å². The van der Waals surface area contributed by atoms with Gasteiger partial charge in [-0.15, -0.1) is 0 Å². The molecule has 134 valence electrons. The molecule has 0 saturated carbocycles. The van der Waals surface area contributed by atoms with E-state index in [1.807, 2.05) is 0 Å². The molecular weight excluding hydrogens is 342 g/mol. The number of aliphatic carboxylic acids is 1. The highest BCUT2D eigenvalue weighted by Gasteiger charge is 2.22. The SMILES string of the molecule is NCCCCC(NC(=O)[C@H](N)CSSC[C@H](N)C(=O)O)C(N)=O. The molecule has 0 aliphatic rings. The van der Waals surface area contributed by atoms with Crippen LogP contribution in [0.15, 0.2) is 0 Å². The quantitative estimate of drug-likeness (QED) is 0.161. The molecule has 0 bridgehead atoms. The summed E-state index contributed by atoms with van der Waals surface area (Å²) in [5, 5.41) is 11.2. The summed E-state index contributed by atoms with van der Waals surface area (Å²) in [7, 11) is 2.47. The van der Waals surface area contributed by atoms with Gasteiger partial charge < -0.3 is 33.4 Å². The number of nitrogens with two attached hydrogens (primary N) is 4. The Kier molecular flexibility index (Phi) is 11.9. The third kappa shape index (κ3) is 10.4. The predicted molar refractivity (Wildman–Crippen MR) is 92.5 cm³/mol. The zero-order chi connectivity index (χ0) is 17.8. The Labute approximate surface area is 143 Å². The Morgan fingerprint density at radius 1 is 1.04 bits per heavy atom. The average molecular weight is 367 g/mol. The maximum atomic E-state index is 11.9. The minimum atomic E-state index is -1.08. The van der Waals surface area contributed by atoms with Crippen LogP contribution in [0.3, 0.4) is 0 Å². The highest BCUT2D eigenvalue weighted by Crippen LogP contribution is 2.22. The first-order chi connectivity index (χ1) is 10.8. The van der Waals surface area contributed by atoms with Crippen LogP contribution in [0.4, 0.5) is 0 Å². The molecule has 0 aliphatic carbocycles. The van der Waals surface area contributed by atoms with Crippen LogP contribution in [0, 0.1) is 0 Å². The molecule has 3 atom stereocenters. The van der Waals surface area contributed by atoms with Crippen LogP contribution in [0.5, 0.6) is 0 Å². The van der Waals surface area contributed by atoms with Crippen molar-refractivity contribution < 1.29 is 19.5 Å². The fourth-order valence-electron chi connectivity index (χ4n) is 1.45. The molecule has 0 aliphatic heterocycles. The summed E-state index contributed by atoms with van der Waals surface area (Å²) in [4.78, 5) is 33.8. The topological polar surface area (TPSA) is 188 Å². The van der Waals surface area contributed by atoms with Crippen LogP contribution in [0.25, 0.3) is 0 Å². The zero-order valence-corrected chi connectivity index (χ0v) is 14.4. The van der Waals surface area contributed by atoms with Gasteiger partial charge in [0.25, 0.3) is 0 Å². The van der Waals surface area contributed by atoms with Crippen molar-refractivity contribution in [1.29, 1.82) is 0 Å². The van der Waals surface area contributed by atoms with Gasteiger partial charge in [-0.05, 0) is 25.8 Å². The lowest BCUT2D eigenvalue weighted by atomic mass is 10.1. The third-order valence-electron chi connectivity index (χ3n) is 2.84. The molecule has 2 amide bonds. The molecule has 23 heavy (non-hydrogen) atoms. The van der Waals surface area contributed by atoms with Crippen LogP contribution in [-0.2, 0) is 14.4 Å². The fraction of sp³-hybridized carbons (Fsp3) is 0.750. The second kappa shape index (κ2) is 12.4. The molecule has 0 aromatic heterocycles. The van der Waals surface area contributed by atoms with Gasteiger partial charge in [0.15, 0.2) is 0 Å². The van der Waals surface area contributed by atoms with E-state index >= 15 is 0 Å². The van der Waals surface area contributed by atoms with Gasteiger partial charge in [0.2, 0.25) is 11.8 Å². The molecule has 0 saturated heterocycles. The maximum absolute atomic E-state index is 11.9. The van der Waals surface area contributed by atoms with Gasteiger partial charge in [-0.25, -0.2) is 0 Å². The van der Waals surface area contributed by atoms with Gasteiger partial charge in [0, 0.05) is 11.5 Å². The Balaban J connectivity index is 4.10. The van der Waals surface area contributed by atoms with Crippen LogP contribution >= 0.6 is 21.6 Å². The summed E-state index contributed by atoms with van der Waals surface area (Å²) in [6.07, 6.45) is 1.83. The van der Waals surface area contributed by atoms with Crippen LogP contribution < -0.4 is 28.3 Å². The van der Waals surface area contributed by atoms with Crippen molar-refractivity contribution >= 4 is 39.4 Å². The number of amides is 2. The minimum absolute atomic E-state index is 0.206. The lowest BCUT2D eigenvalue weighted by Gasteiger charge is -2.18. The molecule has 1 unspecified atom stereocenters. The van der Waals surface area contributed by atoms with Crippen LogP contribution in [-0.4, -0.2) is 59.1 Å². The van der Waals surface area contributed by atoms with Crippen molar-refractivity contribution in [3.05, 3.63) is 0 Å². The van der Waals surface area contributed by atoms with Gasteiger partial charge in [-0.3, -0.25) is 14.4 Å². The molecule has 11 heteroatoms.